The molecule has 33 heavy (non-hydrogen) atoms. The van der Waals surface area contributed by atoms with Crippen LogP contribution in [0.4, 0.5) is 5.95 Å². The molecule has 1 aliphatic rings. The molecule has 1 fully saturated rings. The fraction of sp³-hybridized carbons (Fsp3) is 0.440. The van der Waals surface area contributed by atoms with Crippen LogP contribution >= 0.6 is 0 Å². The van der Waals surface area contributed by atoms with Crippen LogP contribution in [-0.4, -0.2) is 54.8 Å². The molecule has 0 aliphatic heterocycles. The minimum absolute atomic E-state index is 0.167. The zero-order chi connectivity index (χ0) is 23.1. The number of pyridine rings is 1. The molecule has 1 amide bonds. The van der Waals surface area contributed by atoms with E-state index in [4.69, 9.17) is 9.97 Å². The van der Waals surface area contributed by atoms with E-state index in [1.807, 2.05) is 38.2 Å². The summed E-state index contributed by atoms with van der Waals surface area (Å²) in [5.41, 5.74) is 5.07. The minimum atomic E-state index is -0.167. The Morgan fingerprint density at radius 2 is 1.94 bits per heavy atom. The van der Waals surface area contributed by atoms with Crippen LogP contribution in [0.5, 0.6) is 0 Å². The lowest BCUT2D eigenvalue weighted by atomic mass is 10.1. The lowest BCUT2D eigenvalue weighted by molar-refractivity contribution is 0.102. The number of imidazole rings is 1. The SMILES string of the molecule is CCN(CC)CCn1c(NC(=O)c2cc(C3CC3)nc3c2c(C)nn3C)nc2ccccc21. The highest BCUT2D eigenvalue weighted by atomic mass is 16.1. The maximum atomic E-state index is 13.6. The molecule has 1 aromatic carbocycles. The second-order valence-corrected chi connectivity index (χ2v) is 8.83. The molecule has 0 unspecified atom stereocenters. The van der Waals surface area contributed by atoms with Crippen molar-refractivity contribution in [3.05, 3.63) is 47.3 Å². The standard InChI is InChI=1S/C25H31N7O/c1-5-31(6-2)13-14-32-21-10-8-7-9-19(21)27-25(32)28-24(33)18-15-20(17-11-12-17)26-23-22(18)16(3)29-30(23)4/h7-10,15,17H,5-6,11-14H2,1-4H3,(H,27,28,33). The molecule has 8 nitrogen and oxygen atoms in total. The van der Waals surface area contributed by atoms with Crippen molar-refractivity contribution in [2.75, 3.05) is 25.0 Å². The number of hydrogen-bond acceptors (Lipinski definition) is 5. The van der Waals surface area contributed by atoms with Crippen molar-refractivity contribution in [2.45, 2.75) is 46.1 Å². The number of nitrogens with one attached hydrogen (secondary N) is 1. The fourth-order valence-corrected chi connectivity index (χ4v) is 4.58. The quantitative estimate of drug-likeness (QED) is 0.442. The van der Waals surface area contributed by atoms with Crippen molar-refractivity contribution >= 4 is 33.9 Å². The van der Waals surface area contributed by atoms with E-state index in [-0.39, 0.29) is 5.91 Å². The van der Waals surface area contributed by atoms with Crippen LogP contribution in [0.25, 0.3) is 22.1 Å². The Kier molecular flexibility index (Phi) is 5.62. The monoisotopic (exact) mass is 445 g/mol. The Morgan fingerprint density at radius 1 is 1.18 bits per heavy atom. The third-order valence-corrected chi connectivity index (χ3v) is 6.64. The van der Waals surface area contributed by atoms with Gasteiger partial charge in [0.2, 0.25) is 5.95 Å². The topological polar surface area (TPSA) is 80.9 Å². The average molecular weight is 446 g/mol. The summed E-state index contributed by atoms with van der Waals surface area (Å²) in [6.45, 7) is 9.89. The lowest BCUT2D eigenvalue weighted by Gasteiger charge is -2.19. The predicted octanol–water partition coefficient (Wildman–Crippen LogP) is 4.10. The van der Waals surface area contributed by atoms with Crippen LogP contribution in [0.3, 0.4) is 0 Å². The van der Waals surface area contributed by atoms with Crippen molar-refractivity contribution in [2.24, 2.45) is 7.05 Å². The number of rotatable bonds is 8. The third kappa shape index (κ3) is 3.99. The lowest BCUT2D eigenvalue weighted by Crippen LogP contribution is -2.27. The summed E-state index contributed by atoms with van der Waals surface area (Å²) in [7, 11) is 1.88. The third-order valence-electron chi connectivity index (χ3n) is 6.64. The van der Waals surface area contributed by atoms with Gasteiger partial charge in [0.15, 0.2) is 5.65 Å². The van der Waals surface area contributed by atoms with Gasteiger partial charge in [-0.3, -0.25) is 14.8 Å². The molecule has 3 aromatic heterocycles. The van der Waals surface area contributed by atoms with Crippen LogP contribution in [0.2, 0.25) is 0 Å². The van der Waals surface area contributed by atoms with Crippen LogP contribution in [-0.2, 0) is 13.6 Å². The molecular formula is C25H31N7O. The number of aryl methyl sites for hydroxylation is 2. The number of anilines is 1. The maximum Gasteiger partial charge on any atom is 0.258 e. The van der Waals surface area contributed by atoms with Gasteiger partial charge in [0.05, 0.1) is 27.7 Å². The number of carbonyl (C=O) groups excluding carboxylic acids is 1. The molecule has 172 valence electrons. The van der Waals surface area contributed by atoms with E-state index in [1.54, 1.807) is 4.68 Å². The largest absolute Gasteiger partial charge is 0.309 e. The highest BCUT2D eigenvalue weighted by Gasteiger charge is 2.29. The summed E-state index contributed by atoms with van der Waals surface area (Å²) >= 11 is 0. The number of para-hydroxylation sites is 2. The molecule has 5 rings (SSSR count). The van der Waals surface area contributed by atoms with Gasteiger partial charge in [0, 0.05) is 31.7 Å². The summed E-state index contributed by atoms with van der Waals surface area (Å²) in [6, 6.07) is 9.98. The second kappa shape index (κ2) is 8.59. The first-order valence-electron chi connectivity index (χ1n) is 11.8. The highest BCUT2D eigenvalue weighted by molar-refractivity contribution is 6.12. The summed E-state index contributed by atoms with van der Waals surface area (Å²) < 4.78 is 3.88. The van der Waals surface area contributed by atoms with E-state index in [2.05, 4.69) is 39.8 Å². The first kappa shape index (κ1) is 21.6. The van der Waals surface area contributed by atoms with E-state index in [0.29, 0.717) is 17.4 Å². The van der Waals surface area contributed by atoms with Crippen LogP contribution < -0.4 is 5.32 Å². The molecule has 3 heterocycles. The van der Waals surface area contributed by atoms with Gasteiger partial charge in [-0.05, 0) is 51.1 Å². The zero-order valence-electron chi connectivity index (χ0n) is 19.8. The number of benzene rings is 1. The predicted molar refractivity (Wildman–Crippen MR) is 131 cm³/mol. The Balaban J connectivity index is 1.53. The Morgan fingerprint density at radius 3 is 2.67 bits per heavy atom. The molecule has 1 N–H and O–H groups in total. The highest BCUT2D eigenvalue weighted by Crippen LogP contribution is 2.40. The van der Waals surface area contributed by atoms with Gasteiger partial charge in [-0.15, -0.1) is 0 Å². The molecule has 0 saturated heterocycles. The summed E-state index contributed by atoms with van der Waals surface area (Å²) in [4.78, 5) is 25.6. The van der Waals surface area contributed by atoms with Gasteiger partial charge in [0.25, 0.3) is 5.91 Å². The van der Waals surface area contributed by atoms with E-state index in [1.165, 1.54) is 0 Å². The van der Waals surface area contributed by atoms with Crippen LogP contribution in [0.1, 0.15) is 54.4 Å². The van der Waals surface area contributed by atoms with Crippen molar-refractivity contribution in [3.8, 4) is 0 Å². The van der Waals surface area contributed by atoms with E-state index < -0.39 is 0 Å². The number of nitrogens with zero attached hydrogens (tertiary/aromatic N) is 6. The summed E-state index contributed by atoms with van der Waals surface area (Å²) in [5.74, 6) is 0.849. The minimum Gasteiger partial charge on any atom is -0.309 e. The van der Waals surface area contributed by atoms with Gasteiger partial charge in [-0.25, -0.2) is 9.97 Å². The smallest absolute Gasteiger partial charge is 0.258 e. The zero-order valence-corrected chi connectivity index (χ0v) is 19.8. The molecule has 0 bridgehead atoms. The number of likely N-dealkylation sites (N-methyl/N-ethyl adjacent to an activating group) is 1. The van der Waals surface area contributed by atoms with Crippen molar-refractivity contribution in [1.82, 2.24) is 29.2 Å². The summed E-state index contributed by atoms with van der Waals surface area (Å²) in [5, 5.41) is 8.46. The second-order valence-electron chi connectivity index (χ2n) is 8.83. The molecule has 0 radical (unpaired) electrons. The van der Waals surface area contributed by atoms with Crippen LogP contribution in [0, 0.1) is 6.92 Å². The van der Waals surface area contributed by atoms with E-state index in [9.17, 15) is 4.79 Å². The molecular weight excluding hydrogens is 414 g/mol. The molecule has 4 aromatic rings. The van der Waals surface area contributed by atoms with Gasteiger partial charge < -0.3 is 9.47 Å². The Hall–Kier alpha value is -3.26. The van der Waals surface area contributed by atoms with Crippen molar-refractivity contribution in [1.29, 1.82) is 0 Å². The number of fused-ring (bicyclic) bond motifs is 2. The molecule has 1 saturated carbocycles. The summed E-state index contributed by atoms with van der Waals surface area (Å²) in [6.07, 6.45) is 2.25. The van der Waals surface area contributed by atoms with Gasteiger partial charge >= 0.3 is 0 Å². The average Bonchev–Trinajstić information content (AvgIpc) is 3.56. The maximum absolute atomic E-state index is 13.6. The Bertz CT molecular complexity index is 1330. The van der Waals surface area contributed by atoms with E-state index in [0.717, 1.165) is 72.5 Å². The molecule has 8 heteroatoms. The van der Waals surface area contributed by atoms with Crippen molar-refractivity contribution < 1.29 is 4.79 Å². The first-order chi connectivity index (χ1) is 16.0. The molecule has 0 atom stereocenters. The van der Waals surface area contributed by atoms with Crippen LogP contribution in [0.15, 0.2) is 30.3 Å². The fourth-order valence-electron chi connectivity index (χ4n) is 4.58. The number of amides is 1. The van der Waals surface area contributed by atoms with Gasteiger partial charge in [0.1, 0.15) is 0 Å². The van der Waals surface area contributed by atoms with E-state index >= 15 is 0 Å². The molecule has 1 aliphatic carbocycles. The first-order valence-corrected chi connectivity index (χ1v) is 11.8. The molecule has 0 spiro atoms. The Labute approximate surface area is 193 Å². The van der Waals surface area contributed by atoms with Crippen molar-refractivity contribution in [3.63, 3.8) is 0 Å². The van der Waals surface area contributed by atoms with Gasteiger partial charge in [-0.2, -0.15) is 5.10 Å². The number of carbonyl (C=O) groups is 1. The van der Waals surface area contributed by atoms with Gasteiger partial charge in [-0.1, -0.05) is 26.0 Å². The number of hydrogen-bond donors (Lipinski definition) is 1. The number of aromatic nitrogens is 5. The normalized spacial score (nSPS) is 14.0.